The van der Waals surface area contributed by atoms with E-state index in [2.05, 4.69) is 10.5 Å². The normalized spacial score (nSPS) is 12.2. The van der Waals surface area contributed by atoms with Crippen LogP contribution in [0.5, 0.6) is 5.75 Å². The van der Waals surface area contributed by atoms with Gasteiger partial charge in [0.2, 0.25) is 0 Å². The number of hydrazone groups is 1. The smallest absolute Gasteiger partial charge is 0.280 e. The lowest BCUT2D eigenvalue weighted by molar-refractivity contribution is -0.127. The topological polar surface area (TPSA) is 50.7 Å². The third-order valence-corrected chi connectivity index (χ3v) is 3.28. The number of hydrogen-bond acceptors (Lipinski definition) is 3. The Hall–Kier alpha value is -2.40. The van der Waals surface area contributed by atoms with E-state index >= 15 is 0 Å². The zero-order chi connectivity index (χ0) is 16.8. The quantitative estimate of drug-likeness (QED) is 0.669. The highest BCUT2D eigenvalue weighted by molar-refractivity contribution is 6.30. The predicted molar refractivity (Wildman–Crippen MR) is 88.4 cm³/mol. The fourth-order valence-corrected chi connectivity index (χ4v) is 2.06. The molecule has 0 aliphatic carbocycles. The Labute approximate surface area is 138 Å². The molecule has 0 saturated heterocycles. The Morgan fingerprint density at radius 3 is 2.83 bits per heavy atom. The van der Waals surface area contributed by atoms with Gasteiger partial charge in [-0.25, -0.2) is 9.82 Å². The van der Waals surface area contributed by atoms with Crippen LogP contribution in [-0.2, 0) is 4.79 Å². The molecule has 0 radical (unpaired) electrons. The Morgan fingerprint density at radius 2 is 2.13 bits per heavy atom. The molecule has 1 atom stereocenters. The van der Waals surface area contributed by atoms with Crippen LogP contribution in [0.3, 0.4) is 0 Å². The molecule has 0 fully saturated rings. The van der Waals surface area contributed by atoms with Crippen molar-refractivity contribution in [3.8, 4) is 5.75 Å². The van der Waals surface area contributed by atoms with Crippen LogP contribution in [0.25, 0.3) is 0 Å². The first-order valence-corrected chi connectivity index (χ1v) is 7.35. The van der Waals surface area contributed by atoms with Gasteiger partial charge in [0.05, 0.1) is 6.21 Å². The Balaban J connectivity index is 1.92. The van der Waals surface area contributed by atoms with Gasteiger partial charge in [-0.2, -0.15) is 5.10 Å². The first-order chi connectivity index (χ1) is 11.0. The number of nitrogens with zero attached hydrogens (tertiary/aromatic N) is 1. The fraction of sp³-hybridized carbons (Fsp3) is 0.176. The minimum absolute atomic E-state index is 0.366. The van der Waals surface area contributed by atoms with Gasteiger partial charge < -0.3 is 4.74 Å². The first kappa shape index (κ1) is 17.0. The van der Waals surface area contributed by atoms with Crippen molar-refractivity contribution in [1.29, 1.82) is 0 Å². The molecule has 2 aromatic carbocycles. The number of aryl methyl sites for hydroxylation is 1. The molecule has 0 saturated carbocycles. The van der Waals surface area contributed by atoms with Crippen molar-refractivity contribution in [2.24, 2.45) is 5.10 Å². The summed E-state index contributed by atoms with van der Waals surface area (Å²) in [5.74, 6) is -0.201. The SMILES string of the molecule is Cc1cc(Cl)ccc1OC(C)C(=O)NN=Cc1cccc(F)c1. The van der Waals surface area contributed by atoms with Crippen molar-refractivity contribution < 1.29 is 13.9 Å². The van der Waals surface area contributed by atoms with Crippen LogP contribution in [0.4, 0.5) is 4.39 Å². The summed E-state index contributed by atoms with van der Waals surface area (Å²) < 4.78 is 18.6. The maximum atomic E-state index is 13.0. The monoisotopic (exact) mass is 334 g/mol. The van der Waals surface area contributed by atoms with Crippen molar-refractivity contribution in [1.82, 2.24) is 5.43 Å². The van der Waals surface area contributed by atoms with Gasteiger partial charge in [-0.15, -0.1) is 0 Å². The second kappa shape index (κ2) is 7.74. The fourth-order valence-electron chi connectivity index (χ4n) is 1.84. The van der Waals surface area contributed by atoms with E-state index in [0.29, 0.717) is 16.3 Å². The van der Waals surface area contributed by atoms with Gasteiger partial charge in [0.25, 0.3) is 5.91 Å². The molecular weight excluding hydrogens is 319 g/mol. The van der Waals surface area contributed by atoms with Crippen molar-refractivity contribution in [2.45, 2.75) is 20.0 Å². The molecule has 0 aromatic heterocycles. The number of rotatable bonds is 5. The van der Waals surface area contributed by atoms with Crippen molar-refractivity contribution in [3.63, 3.8) is 0 Å². The number of halogens is 2. The number of carbonyl (C=O) groups excluding carboxylic acids is 1. The molecule has 0 aliphatic heterocycles. The van der Waals surface area contributed by atoms with E-state index in [4.69, 9.17) is 16.3 Å². The molecule has 1 unspecified atom stereocenters. The number of amides is 1. The largest absolute Gasteiger partial charge is 0.481 e. The number of benzene rings is 2. The molecule has 2 aromatic rings. The van der Waals surface area contributed by atoms with Gasteiger partial charge >= 0.3 is 0 Å². The first-order valence-electron chi connectivity index (χ1n) is 6.97. The maximum absolute atomic E-state index is 13.0. The van der Waals surface area contributed by atoms with Crippen molar-refractivity contribution in [2.75, 3.05) is 0 Å². The molecule has 0 heterocycles. The van der Waals surface area contributed by atoms with Crippen LogP contribution in [0.1, 0.15) is 18.1 Å². The van der Waals surface area contributed by atoms with E-state index in [0.717, 1.165) is 5.56 Å². The van der Waals surface area contributed by atoms with Crippen LogP contribution in [-0.4, -0.2) is 18.2 Å². The Kier molecular flexibility index (Phi) is 5.71. The second-order valence-corrected chi connectivity index (χ2v) is 5.40. The molecule has 0 bridgehead atoms. The number of carbonyl (C=O) groups is 1. The molecule has 1 amide bonds. The van der Waals surface area contributed by atoms with Crippen LogP contribution >= 0.6 is 11.6 Å². The van der Waals surface area contributed by atoms with Gasteiger partial charge in [-0.3, -0.25) is 4.79 Å². The summed E-state index contributed by atoms with van der Waals surface area (Å²) in [6, 6.07) is 11.0. The molecule has 23 heavy (non-hydrogen) atoms. The Bertz CT molecular complexity index is 734. The van der Waals surface area contributed by atoms with E-state index < -0.39 is 12.0 Å². The van der Waals surface area contributed by atoms with E-state index in [1.54, 1.807) is 37.3 Å². The lowest BCUT2D eigenvalue weighted by atomic mass is 10.2. The summed E-state index contributed by atoms with van der Waals surface area (Å²) in [5.41, 5.74) is 3.74. The third kappa shape index (κ3) is 5.07. The molecule has 120 valence electrons. The van der Waals surface area contributed by atoms with Crippen LogP contribution in [0, 0.1) is 12.7 Å². The highest BCUT2D eigenvalue weighted by Crippen LogP contribution is 2.22. The standard InChI is InChI=1S/C17H16ClFN2O2/c1-11-8-14(18)6-7-16(11)23-12(2)17(22)21-20-10-13-4-3-5-15(19)9-13/h3-10,12H,1-2H3,(H,21,22). The molecule has 2 rings (SSSR count). The second-order valence-electron chi connectivity index (χ2n) is 4.96. The third-order valence-electron chi connectivity index (χ3n) is 3.05. The summed E-state index contributed by atoms with van der Waals surface area (Å²) in [5, 5.41) is 4.39. The van der Waals surface area contributed by atoms with Gasteiger partial charge in [0.15, 0.2) is 6.10 Å². The minimum atomic E-state index is -0.737. The predicted octanol–water partition coefficient (Wildman–Crippen LogP) is 3.71. The molecule has 1 N–H and O–H groups in total. The molecular formula is C17H16ClFN2O2. The van der Waals surface area contributed by atoms with Gasteiger partial charge in [-0.05, 0) is 55.3 Å². The average molecular weight is 335 g/mol. The van der Waals surface area contributed by atoms with E-state index in [-0.39, 0.29) is 5.82 Å². The van der Waals surface area contributed by atoms with Crippen molar-refractivity contribution >= 4 is 23.7 Å². The number of nitrogens with one attached hydrogen (secondary N) is 1. The van der Waals surface area contributed by atoms with Gasteiger partial charge in [-0.1, -0.05) is 23.7 Å². The lowest BCUT2D eigenvalue weighted by Crippen LogP contribution is -2.33. The highest BCUT2D eigenvalue weighted by Gasteiger charge is 2.15. The molecule has 4 nitrogen and oxygen atoms in total. The number of hydrogen-bond donors (Lipinski definition) is 1. The summed E-state index contributed by atoms with van der Waals surface area (Å²) >= 11 is 5.87. The molecule has 0 spiro atoms. The summed E-state index contributed by atoms with van der Waals surface area (Å²) in [7, 11) is 0. The van der Waals surface area contributed by atoms with Crippen LogP contribution in [0.15, 0.2) is 47.6 Å². The maximum Gasteiger partial charge on any atom is 0.280 e. The van der Waals surface area contributed by atoms with Crippen LogP contribution < -0.4 is 10.2 Å². The number of ether oxygens (including phenoxy) is 1. The minimum Gasteiger partial charge on any atom is -0.481 e. The summed E-state index contributed by atoms with van der Waals surface area (Å²) in [6.45, 7) is 3.45. The van der Waals surface area contributed by atoms with Crippen molar-refractivity contribution in [3.05, 3.63) is 64.4 Å². The molecule has 6 heteroatoms. The lowest BCUT2D eigenvalue weighted by Gasteiger charge is -2.14. The summed E-state index contributed by atoms with van der Waals surface area (Å²) in [6.07, 6.45) is 0.626. The van der Waals surface area contributed by atoms with E-state index in [9.17, 15) is 9.18 Å². The van der Waals surface area contributed by atoms with Crippen LogP contribution in [0.2, 0.25) is 5.02 Å². The highest BCUT2D eigenvalue weighted by atomic mass is 35.5. The van der Waals surface area contributed by atoms with E-state index in [1.807, 2.05) is 6.92 Å². The molecule has 0 aliphatic rings. The average Bonchev–Trinajstić information content (AvgIpc) is 2.50. The zero-order valence-corrected chi connectivity index (χ0v) is 13.5. The zero-order valence-electron chi connectivity index (χ0n) is 12.7. The Morgan fingerprint density at radius 1 is 1.35 bits per heavy atom. The summed E-state index contributed by atoms with van der Waals surface area (Å²) in [4.78, 5) is 11.9. The van der Waals surface area contributed by atoms with Gasteiger partial charge in [0.1, 0.15) is 11.6 Å². The van der Waals surface area contributed by atoms with Gasteiger partial charge in [0, 0.05) is 5.02 Å². The van der Waals surface area contributed by atoms with E-state index in [1.165, 1.54) is 18.3 Å².